The molecule has 0 spiro atoms. The number of anilines is 1. The number of nitrogens with zero attached hydrogens (tertiary/aromatic N) is 4. The highest BCUT2D eigenvalue weighted by Gasteiger charge is 2.39. The van der Waals surface area contributed by atoms with Crippen LogP contribution in [0, 0.1) is 12.8 Å². The maximum absolute atomic E-state index is 13.6. The van der Waals surface area contributed by atoms with Crippen molar-refractivity contribution in [3.8, 4) is 11.5 Å². The molecule has 264 valence electrons. The first kappa shape index (κ1) is 35.4. The number of piperazine rings is 1. The standard InChI is InChI=1S/C36H34F6N4O3S/c1-21(16-23-8-11-30(31(18-23)48-3)49-20-24-9-10-25(35(37,38)39)19-27(24)36(40,41)42)32-33(47)44-34(50-32)46-14-12-45(13-15-46)29-17-22(2)43-28-7-5-4-6-26(28)29/h4-11,17-19,21,32H,12-16,20H2,1-3H3. The molecule has 1 fully saturated rings. The predicted octanol–water partition coefficient (Wildman–Crippen LogP) is 8.17. The number of carbonyl (C=O) groups is 1. The Kier molecular flexibility index (Phi) is 9.93. The van der Waals surface area contributed by atoms with Gasteiger partial charge >= 0.3 is 12.4 Å². The van der Waals surface area contributed by atoms with Gasteiger partial charge in [0.1, 0.15) is 6.61 Å². The molecule has 1 saturated heterocycles. The Hall–Kier alpha value is -4.46. The molecule has 2 atom stereocenters. The van der Waals surface area contributed by atoms with Crippen molar-refractivity contribution in [1.29, 1.82) is 0 Å². The van der Waals surface area contributed by atoms with Crippen molar-refractivity contribution in [2.75, 3.05) is 38.2 Å². The van der Waals surface area contributed by atoms with Gasteiger partial charge in [-0.1, -0.05) is 49.0 Å². The number of pyridine rings is 1. The number of rotatable bonds is 8. The second kappa shape index (κ2) is 14.0. The van der Waals surface area contributed by atoms with Crippen LogP contribution in [-0.4, -0.2) is 59.5 Å². The number of methoxy groups -OCH3 is 1. The number of hydrogen-bond acceptors (Lipinski definition) is 7. The largest absolute Gasteiger partial charge is 0.493 e. The molecule has 3 aromatic carbocycles. The van der Waals surface area contributed by atoms with Gasteiger partial charge in [-0.05, 0) is 61.2 Å². The molecule has 2 unspecified atom stereocenters. The van der Waals surface area contributed by atoms with Crippen molar-refractivity contribution in [1.82, 2.24) is 9.88 Å². The van der Waals surface area contributed by atoms with Crippen molar-refractivity contribution in [3.63, 3.8) is 0 Å². The second-order valence-corrected chi connectivity index (χ2v) is 13.5. The number of thioether (sulfide) groups is 1. The molecule has 14 heteroatoms. The summed E-state index contributed by atoms with van der Waals surface area (Å²) >= 11 is 1.46. The highest BCUT2D eigenvalue weighted by atomic mass is 32.2. The van der Waals surface area contributed by atoms with Gasteiger partial charge in [-0.3, -0.25) is 9.78 Å². The fourth-order valence-electron chi connectivity index (χ4n) is 6.27. The number of carbonyl (C=O) groups excluding carboxylic acids is 1. The van der Waals surface area contributed by atoms with Crippen LogP contribution in [0.1, 0.15) is 34.9 Å². The summed E-state index contributed by atoms with van der Waals surface area (Å²) in [6.07, 6.45) is -9.44. The van der Waals surface area contributed by atoms with E-state index in [0.717, 1.165) is 47.0 Å². The van der Waals surface area contributed by atoms with E-state index in [9.17, 15) is 31.1 Å². The molecule has 0 aliphatic carbocycles. The molecule has 4 aromatic rings. The molecule has 0 bridgehead atoms. The number of amides is 1. The van der Waals surface area contributed by atoms with E-state index in [0.29, 0.717) is 30.7 Å². The van der Waals surface area contributed by atoms with Gasteiger partial charge in [0.25, 0.3) is 5.91 Å². The van der Waals surface area contributed by atoms with Crippen LogP contribution < -0.4 is 14.4 Å². The van der Waals surface area contributed by atoms with Gasteiger partial charge in [0.2, 0.25) is 0 Å². The first-order chi connectivity index (χ1) is 23.7. The number of fused-ring (bicyclic) bond motifs is 1. The summed E-state index contributed by atoms with van der Waals surface area (Å²) in [6, 6.07) is 16.6. The lowest BCUT2D eigenvalue weighted by Crippen LogP contribution is -2.48. The number of halogens is 6. The van der Waals surface area contributed by atoms with Gasteiger partial charge in [-0.15, -0.1) is 0 Å². The first-order valence-corrected chi connectivity index (χ1v) is 16.8. The summed E-state index contributed by atoms with van der Waals surface area (Å²) in [6.45, 7) is 6.29. The molecule has 1 aromatic heterocycles. The van der Waals surface area contributed by atoms with Crippen LogP contribution in [0.2, 0.25) is 0 Å². The minimum atomic E-state index is -5.01. The third-order valence-electron chi connectivity index (χ3n) is 8.82. The molecule has 2 aliphatic rings. The van der Waals surface area contributed by atoms with Crippen molar-refractivity contribution in [2.24, 2.45) is 10.9 Å². The molecule has 7 nitrogen and oxygen atoms in total. The minimum Gasteiger partial charge on any atom is -0.493 e. The third kappa shape index (κ3) is 7.64. The van der Waals surface area contributed by atoms with E-state index in [-0.39, 0.29) is 29.4 Å². The first-order valence-electron chi connectivity index (χ1n) is 15.9. The Morgan fingerprint density at radius 1 is 0.900 bits per heavy atom. The molecule has 0 saturated carbocycles. The zero-order valence-corrected chi connectivity index (χ0v) is 28.3. The van der Waals surface area contributed by atoms with E-state index < -0.39 is 40.9 Å². The lowest BCUT2D eigenvalue weighted by atomic mass is 9.97. The number of alkyl halides is 6. The van der Waals surface area contributed by atoms with Gasteiger partial charge in [0.05, 0.1) is 29.0 Å². The van der Waals surface area contributed by atoms with Crippen LogP contribution in [-0.2, 0) is 30.2 Å². The van der Waals surface area contributed by atoms with Crippen molar-refractivity contribution in [2.45, 2.75) is 44.5 Å². The van der Waals surface area contributed by atoms with Crippen LogP contribution >= 0.6 is 11.8 Å². The Labute approximate surface area is 289 Å². The fourth-order valence-corrected chi connectivity index (χ4v) is 7.46. The van der Waals surface area contributed by atoms with Crippen LogP contribution in [0.4, 0.5) is 32.0 Å². The quantitative estimate of drug-likeness (QED) is 0.171. The van der Waals surface area contributed by atoms with E-state index >= 15 is 0 Å². The van der Waals surface area contributed by atoms with Crippen molar-refractivity contribution < 1.29 is 40.6 Å². The summed E-state index contributed by atoms with van der Waals surface area (Å²) in [7, 11) is 1.38. The lowest BCUT2D eigenvalue weighted by molar-refractivity contribution is -0.143. The zero-order valence-electron chi connectivity index (χ0n) is 27.4. The summed E-state index contributed by atoms with van der Waals surface area (Å²) in [5.74, 6) is 0.0641. The van der Waals surface area contributed by atoms with Gasteiger partial charge in [0.15, 0.2) is 16.7 Å². The molecule has 0 radical (unpaired) electrons. The van der Waals surface area contributed by atoms with Crippen LogP contribution in [0.15, 0.2) is 71.7 Å². The molecule has 1 amide bonds. The summed E-state index contributed by atoms with van der Waals surface area (Å²) in [4.78, 5) is 26.6. The molecular weight excluding hydrogens is 682 g/mol. The minimum absolute atomic E-state index is 0.0861. The van der Waals surface area contributed by atoms with Crippen molar-refractivity contribution in [3.05, 3.63) is 94.7 Å². The highest BCUT2D eigenvalue weighted by molar-refractivity contribution is 8.15. The monoisotopic (exact) mass is 716 g/mol. The SMILES string of the molecule is COc1cc(CC(C)C2SC(N3CCN(c4cc(C)nc5ccccc45)CC3)=NC2=O)ccc1OCc1ccc(C(F)(F)F)cc1C(F)(F)F. The molecule has 50 heavy (non-hydrogen) atoms. The maximum Gasteiger partial charge on any atom is 0.416 e. The van der Waals surface area contributed by atoms with Gasteiger partial charge in [-0.2, -0.15) is 31.3 Å². The smallest absolute Gasteiger partial charge is 0.416 e. The number of aromatic nitrogens is 1. The molecular formula is C36H34F6N4O3S. The summed E-state index contributed by atoms with van der Waals surface area (Å²) < 4.78 is 91.0. The Morgan fingerprint density at radius 2 is 1.62 bits per heavy atom. The second-order valence-electron chi connectivity index (χ2n) is 12.4. The number of hydrogen-bond donors (Lipinski definition) is 0. The highest BCUT2D eigenvalue weighted by Crippen LogP contribution is 2.39. The number of aryl methyl sites for hydroxylation is 1. The van der Waals surface area contributed by atoms with Gasteiger partial charge < -0.3 is 19.3 Å². The third-order valence-corrected chi connectivity index (χ3v) is 10.3. The van der Waals surface area contributed by atoms with E-state index in [1.54, 1.807) is 12.1 Å². The fraction of sp³-hybridized carbons (Fsp3) is 0.361. The lowest BCUT2D eigenvalue weighted by Gasteiger charge is -2.37. The summed E-state index contributed by atoms with van der Waals surface area (Å²) in [5.41, 5.74) is 0.610. The van der Waals surface area contributed by atoms with E-state index in [1.165, 1.54) is 24.9 Å². The Morgan fingerprint density at radius 3 is 2.32 bits per heavy atom. The van der Waals surface area contributed by atoms with Crippen LogP contribution in [0.3, 0.4) is 0 Å². The predicted molar refractivity (Wildman–Crippen MR) is 181 cm³/mol. The topological polar surface area (TPSA) is 67.3 Å². The Balaban J connectivity index is 1.06. The summed E-state index contributed by atoms with van der Waals surface area (Å²) in [5, 5.41) is 1.43. The molecule has 2 aliphatic heterocycles. The van der Waals surface area contributed by atoms with E-state index in [4.69, 9.17) is 9.47 Å². The average Bonchev–Trinajstić information content (AvgIpc) is 3.48. The Bertz CT molecular complexity index is 1920. The van der Waals surface area contributed by atoms with Crippen LogP contribution in [0.25, 0.3) is 10.9 Å². The van der Waals surface area contributed by atoms with Crippen molar-refractivity contribution >= 4 is 39.4 Å². The number of amidine groups is 1. The molecule has 3 heterocycles. The molecule has 0 N–H and O–H groups in total. The van der Waals surface area contributed by atoms with E-state index in [2.05, 4.69) is 31.9 Å². The number of ether oxygens (including phenoxy) is 2. The van der Waals surface area contributed by atoms with Gasteiger partial charge in [-0.25, -0.2) is 0 Å². The normalized spacial score (nSPS) is 17.7. The van der Waals surface area contributed by atoms with Gasteiger partial charge in [0, 0.05) is 48.5 Å². The zero-order chi connectivity index (χ0) is 35.8. The number of benzene rings is 3. The number of aliphatic imine (C=N–C) groups is 1. The molecule has 6 rings (SSSR count). The average molecular weight is 717 g/mol. The van der Waals surface area contributed by atoms with Crippen LogP contribution in [0.5, 0.6) is 11.5 Å². The van der Waals surface area contributed by atoms with E-state index in [1.807, 2.05) is 32.0 Å². The maximum atomic E-state index is 13.6. The number of para-hydroxylation sites is 1.